The predicted molar refractivity (Wildman–Crippen MR) is 136 cm³/mol. The average molecular weight is 489 g/mol. The van der Waals surface area contributed by atoms with Crippen LogP contribution in [-0.4, -0.2) is 51.8 Å². The van der Waals surface area contributed by atoms with E-state index in [1.54, 1.807) is 17.9 Å². The molecule has 188 valence electrons. The number of amides is 1. The highest BCUT2D eigenvalue weighted by atomic mass is 16.5. The zero-order valence-corrected chi connectivity index (χ0v) is 20.6. The van der Waals surface area contributed by atoms with Gasteiger partial charge in [-0.2, -0.15) is 0 Å². The average Bonchev–Trinajstić information content (AvgIpc) is 3.12. The Hall–Kier alpha value is -3.49. The SMILES string of the molecule is CCCN1[C@@H]2c3ccc(-c4ccccc4OC)c(=O)n3C[C@H]1[C@H](CO)[C@H]2C(=O)NCc1ccccn1. The van der Waals surface area contributed by atoms with Gasteiger partial charge in [-0.1, -0.05) is 31.2 Å². The number of nitrogens with one attached hydrogen (secondary N) is 1. The lowest BCUT2D eigenvalue weighted by Gasteiger charge is -2.38. The zero-order valence-electron chi connectivity index (χ0n) is 20.6. The molecule has 2 aliphatic heterocycles. The first kappa shape index (κ1) is 24.2. The van der Waals surface area contributed by atoms with Crippen LogP contribution in [0, 0.1) is 11.8 Å². The van der Waals surface area contributed by atoms with Crippen LogP contribution in [0.1, 0.15) is 30.8 Å². The van der Waals surface area contributed by atoms with Crippen LogP contribution in [0.4, 0.5) is 0 Å². The third-order valence-corrected chi connectivity index (χ3v) is 7.52. The summed E-state index contributed by atoms with van der Waals surface area (Å²) in [5.41, 5.74) is 2.80. The number of aliphatic hydroxyl groups is 1. The lowest BCUT2D eigenvalue weighted by molar-refractivity contribution is -0.127. The standard InChI is InChI=1S/C28H32N4O4/c1-3-14-31-23-16-32-22(12-11-20(28(32)35)19-9-4-5-10-24(19)36-2)26(31)25(21(23)17-33)27(34)30-15-18-8-6-7-13-29-18/h4-13,21,23,25-26,33H,3,14-17H2,1-2H3,(H,30,34)/t21-,23-,25+,26+/m0/s1. The van der Waals surface area contributed by atoms with Gasteiger partial charge in [0.05, 0.1) is 36.9 Å². The van der Waals surface area contributed by atoms with Crippen LogP contribution < -0.4 is 15.6 Å². The lowest BCUT2D eigenvalue weighted by Crippen LogP contribution is -2.47. The molecule has 36 heavy (non-hydrogen) atoms. The van der Waals surface area contributed by atoms with Crippen molar-refractivity contribution in [1.29, 1.82) is 0 Å². The van der Waals surface area contributed by atoms with Gasteiger partial charge in [0.1, 0.15) is 5.75 Å². The van der Waals surface area contributed by atoms with Crippen molar-refractivity contribution in [2.45, 2.75) is 38.5 Å². The van der Waals surface area contributed by atoms with E-state index in [0.717, 1.165) is 29.9 Å². The topological polar surface area (TPSA) is 96.7 Å². The molecule has 2 aromatic heterocycles. The van der Waals surface area contributed by atoms with Gasteiger partial charge in [0.15, 0.2) is 0 Å². The van der Waals surface area contributed by atoms with E-state index in [2.05, 4.69) is 22.1 Å². The first-order valence-electron chi connectivity index (χ1n) is 12.5. The van der Waals surface area contributed by atoms with Crippen molar-refractivity contribution in [2.75, 3.05) is 20.3 Å². The Morgan fingerprint density at radius 1 is 1.14 bits per heavy atom. The normalized spacial score (nSPS) is 22.8. The van der Waals surface area contributed by atoms with Crippen LogP contribution in [0.3, 0.4) is 0 Å². The number of pyridine rings is 2. The van der Waals surface area contributed by atoms with Gasteiger partial charge >= 0.3 is 0 Å². The van der Waals surface area contributed by atoms with Gasteiger partial charge in [0.2, 0.25) is 5.91 Å². The minimum absolute atomic E-state index is 0.102. The molecule has 2 N–H and O–H groups in total. The van der Waals surface area contributed by atoms with E-state index < -0.39 is 5.92 Å². The number of hydrogen-bond acceptors (Lipinski definition) is 6. The molecule has 3 aromatic rings. The number of benzene rings is 1. The van der Waals surface area contributed by atoms with Crippen molar-refractivity contribution >= 4 is 5.91 Å². The summed E-state index contributed by atoms with van der Waals surface area (Å²) in [5.74, 6) is -0.232. The maximum atomic E-state index is 13.8. The van der Waals surface area contributed by atoms with E-state index >= 15 is 0 Å². The highest BCUT2D eigenvalue weighted by Gasteiger charge is 2.55. The van der Waals surface area contributed by atoms with Crippen molar-refractivity contribution in [3.8, 4) is 16.9 Å². The Morgan fingerprint density at radius 2 is 1.94 bits per heavy atom. The van der Waals surface area contributed by atoms with Gasteiger partial charge in [0, 0.05) is 42.6 Å². The van der Waals surface area contributed by atoms with Crippen molar-refractivity contribution in [3.63, 3.8) is 0 Å². The zero-order chi connectivity index (χ0) is 25.2. The van der Waals surface area contributed by atoms with Crippen molar-refractivity contribution in [2.24, 2.45) is 11.8 Å². The summed E-state index contributed by atoms with van der Waals surface area (Å²) in [5, 5.41) is 13.5. The minimum Gasteiger partial charge on any atom is -0.496 e. The molecule has 1 fully saturated rings. The van der Waals surface area contributed by atoms with Crippen LogP contribution in [0.5, 0.6) is 5.75 Å². The molecule has 4 heterocycles. The Morgan fingerprint density at radius 3 is 2.67 bits per heavy atom. The highest BCUT2D eigenvalue weighted by Crippen LogP contribution is 2.48. The van der Waals surface area contributed by atoms with E-state index in [0.29, 0.717) is 24.4 Å². The number of fused-ring (bicyclic) bond motifs is 4. The van der Waals surface area contributed by atoms with E-state index in [4.69, 9.17) is 4.74 Å². The molecule has 2 bridgehead atoms. The first-order chi connectivity index (χ1) is 17.6. The number of aliphatic hydroxyl groups excluding tert-OH is 1. The number of nitrogens with zero attached hydrogens (tertiary/aromatic N) is 3. The molecule has 5 rings (SSSR count). The van der Waals surface area contributed by atoms with Gasteiger partial charge in [-0.3, -0.25) is 19.5 Å². The number of carbonyl (C=O) groups excluding carboxylic acids is 1. The molecule has 0 aliphatic carbocycles. The van der Waals surface area contributed by atoms with Gasteiger partial charge in [-0.05, 0) is 43.3 Å². The molecule has 1 amide bonds. The number of aromatic nitrogens is 2. The molecule has 0 unspecified atom stereocenters. The van der Waals surface area contributed by atoms with Crippen LogP contribution in [0.25, 0.3) is 11.1 Å². The summed E-state index contributed by atoms with van der Waals surface area (Å²) in [6.07, 6.45) is 2.61. The Kier molecular flexibility index (Phi) is 6.89. The maximum absolute atomic E-state index is 13.8. The molecule has 2 aliphatic rings. The summed E-state index contributed by atoms with van der Waals surface area (Å²) in [4.78, 5) is 33.9. The number of hydrogen-bond donors (Lipinski definition) is 2. The van der Waals surface area contributed by atoms with Crippen LogP contribution in [-0.2, 0) is 17.9 Å². The molecule has 8 heteroatoms. The molecule has 0 radical (unpaired) electrons. The highest BCUT2D eigenvalue weighted by molar-refractivity contribution is 5.81. The molecular weight excluding hydrogens is 456 g/mol. The van der Waals surface area contributed by atoms with Crippen LogP contribution in [0.15, 0.2) is 65.6 Å². The second kappa shape index (κ2) is 10.2. The fourth-order valence-electron chi connectivity index (χ4n) is 5.96. The summed E-state index contributed by atoms with van der Waals surface area (Å²) in [6.45, 7) is 3.53. The smallest absolute Gasteiger partial charge is 0.258 e. The van der Waals surface area contributed by atoms with E-state index in [9.17, 15) is 14.7 Å². The monoisotopic (exact) mass is 488 g/mol. The second-order valence-corrected chi connectivity index (χ2v) is 9.45. The fraction of sp³-hybridized carbons (Fsp3) is 0.393. The van der Waals surface area contributed by atoms with Gasteiger partial charge in [-0.15, -0.1) is 0 Å². The van der Waals surface area contributed by atoms with Gasteiger partial charge < -0.3 is 19.7 Å². The van der Waals surface area contributed by atoms with Crippen LogP contribution in [0.2, 0.25) is 0 Å². The maximum Gasteiger partial charge on any atom is 0.258 e. The van der Waals surface area contributed by atoms with Crippen molar-refractivity contribution < 1.29 is 14.6 Å². The van der Waals surface area contributed by atoms with E-state index in [1.165, 1.54) is 0 Å². The third kappa shape index (κ3) is 4.10. The number of carbonyl (C=O) groups is 1. The van der Waals surface area contributed by atoms with E-state index in [1.807, 2.05) is 54.6 Å². The molecule has 0 spiro atoms. The van der Waals surface area contributed by atoms with Gasteiger partial charge in [-0.25, -0.2) is 0 Å². The molecular formula is C28H32N4O4. The van der Waals surface area contributed by atoms with Gasteiger partial charge in [0.25, 0.3) is 5.56 Å². The third-order valence-electron chi connectivity index (χ3n) is 7.52. The number of para-hydroxylation sites is 1. The molecule has 1 aromatic carbocycles. The minimum atomic E-state index is -0.472. The molecule has 8 nitrogen and oxygen atoms in total. The molecule has 0 saturated carbocycles. The lowest BCUT2D eigenvalue weighted by atomic mass is 9.86. The van der Waals surface area contributed by atoms with E-state index in [-0.39, 0.29) is 36.1 Å². The van der Waals surface area contributed by atoms with Crippen LogP contribution >= 0.6 is 0 Å². The Labute approximate surface area is 210 Å². The summed E-state index contributed by atoms with van der Waals surface area (Å²) < 4.78 is 7.30. The quantitative estimate of drug-likeness (QED) is 0.506. The van der Waals surface area contributed by atoms with Crippen molar-refractivity contribution in [3.05, 3.63) is 82.5 Å². The van der Waals surface area contributed by atoms with Crippen molar-refractivity contribution in [1.82, 2.24) is 19.8 Å². The number of ether oxygens (including phenoxy) is 1. The second-order valence-electron chi connectivity index (χ2n) is 9.45. The Bertz CT molecular complexity index is 1290. The number of methoxy groups -OCH3 is 1. The summed E-state index contributed by atoms with van der Waals surface area (Å²) in [6, 6.07) is 16.5. The predicted octanol–water partition coefficient (Wildman–Crippen LogP) is 2.61. The Balaban J connectivity index is 1.54. The first-order valence-corrected chi connectivity index (χ1v) is 12.5. The largest absolute Gasteiger partial charge is 0.496 e. The fourth-order valence-corrected chi connectivity index (χ4v) is 5.96. The number of rotatable bonds is 8. The summed E-state index contributed by atoms with van der Waals surface area (Å²) in [7, 11) is 1.59. The molecule has 4 atom stereocenters. The molecule has 1 saturated heterocycles. The summed E-state index contributed by atoms with van der Waals surface area (Å²) >= 11 is 0.